The van der Waals surface area contributed by atoms with E-state index in [4.69, 9.17) is 13.9 Å². The summed E-state index contributed by atoms with van der Waals surface area (Å²) < 4.78 is 15.8. The van der Waals surface area contributed by atoms with Gasteiger partial charge in [-0.3, -0.25) is 9.59 Å². The zero-order valence-electron chi connectivity index (χ0n) is 15.8. The Kier molecular flexibility index (Phi) is 4.81. The molecule has 7 nitrogen and oxygen atoms in total. The normalized spacial score (nSPS) is 15.9. The van der Waals surface area contributed by atoms with E-state index in [1.807, 2.05) is 18.2 Å². The number of hydrogen-bond donors (Lipinski definition) is 2. The summed E-state index contributed by atoms with van der Waals surface area (Å²) in [5.74, 6) is 1.05. The summed E-state index contributed by atoms with van der Waals surface area (Å²) in [6.45, 7) is 1.43. The molecular weight excluding hydrogens is 360 g/mol. The lowest BCUT2D eigenvalue weighted by molar-refractivity contribution is -0.124. The lowest BCUT2D eigenvalue weighted by Gasteiger charge is -2.23. The van der Waals surface area contributed by atoms with Crippen molar-refractivity contribution in [2.75, 3.05) is 13.7 Å². The Labute approximate surface area is 161 Å². The van der Waals surface area contributed by atoms with Gasteiger partial charge >= 0.3 is 0 Å². The number of fused-ring (bicyclic) bond motifs is 3. The minimum Gasteiger partial charge on any atom is -0.497 e. The van der Waals surface area contributed by atoms with Crippen LogP contribution in [0.4, 0.5) is 0 Å². The molecule has 2 N–H and O–H groups in total. The van der Waals surface area contributed by atoms with Crippen LogP contribution in [-0.2, 0) is 11.2 Å². The number of nitrogens with one attached hydrogen (secondary N) is 2. The average Bonchev–Trinajstić information content (AvgIpc) is 3.06. The van der Waals surface area contributed by atoms with Crippen LogP contribution >= 0.6 is 0 Å². The smallest absolute Gasteiger partial charge is 0.258 e. The molecule has 146 valence electrons. The summed E-state index contributed by atoms with van der Waals surface area (Å²) in [4.78, 5) is 27.6. The summed E-state index contributed by atoms with van der Waals surface area (Å²) in [6, 6.07) is 7.14. The largest absolute Gasteiger partial charge is 0.497 e. The first-order valence-electron chi connectivity index (χ1n) is 9.25. The van der Waals surface area contributed by atoms with Crippen LogP contribution in [0.3, 0.4) is 0 Å². The van der Waals surface area contributed by atoms with Crippen LogP contribution in [0.15, 0.2) is 39.7 Å². The van der Waals surface area contributed by atoms with Gasteiger partial charge in [0.1, 0.15) is 17.8 Å². The van der Waals surface area contributed by atoms with Crippen molar-refractivity contribution in [2.24, 2.45) is 0 Å². The maximum atomic E-state index is 12.4. The molecule has 1 amide bonds. The fraction of sp³-hybridized carbons (Fsp3) is 0.333. The van der Waals surface area contributed by atoms with Gasteiger partial charge in [-0.25, -0.2) is 0 Å². The summed E-state index contributed by atoms with van der Waals surface area (Å²) in [6.07, 6.45) is 4.00. The standard InChI is InChI=1S/C21H22N2O5/c1-12-8-18(24)19(10-27-12)28-11-20(25)22-17-5-3-4-14-15-9-13(26-2)6-7-16(15)23-21(14)17/h6-10,17,23H,3-5,11H2,1-2H3,(H,22,25)/t17-/m1/s1. The molecule has 2 aromatic heterocycles. The van der Waals surface area contributed by atoms with Crippen molar-refractivity contribution >= 4 is 16.8 Å². The number of rotatable bonds is 5. The second-order valence-corrected chi connectivity index (χ2v) is 6.95. The van der Waals surface area contributed by atoms with E-state index in [0.29, 0.717) is 5.76 Å². The minimum absolute atomic E-state index is 0.0304. The summed E-state index contributed by atoms with van der Waals surface area (Å²) in [5, 5.41) is 4.13. The summed E-state index contributed by atoms with van der Waals surface area (Å²) >= 11 is 0. The van der Waals surface area contributed by atoms with Crippen LogP contribution in [0.2, 0.25) is 0 Å². The Balaban J connectivity index is 1.48. The van der Waals surface area contributed by atoms with Gasteiger partial charge in [-0.15, -0.1) is 0 Å². The highest BCUT2D eigenvalue weighted by Crippen LogP contribution is 2.36. The number of amides is 1. The van der Waals surface area contributed by atoms with Crippen LogP contribution in [0, 0.1) is 6.92 Å². The predicted octanol–water partition coefficient (Wildman–Crippen LogP) is 3.01. The number of methoxy groups -OCH3 is 1. The van der Waals surface area contributed by atoms with Crippen molar-refractivity contribution in [2.45, 2.75) is 32.2 Å². The molecule has 0 aliphatic heterocycles. The zero-order chi connectivity index (χ0) is 19.7. The topological polar surface area (TPSA) is 93.6 Å². The Morgan fingerprint density at radius 3 is 3.00 bits per heavy atom. The maximum Gasteiger partial charge on any atom is 0.258 e. The number of hydrogen-bond acceptors (Lipinski definition) is 5. The first-order chi connectivity index (χ1) is 13.5. The molecule has 0 saturated carbocycles. The van der Waals surface area contributed by atoms with Crippen molar-refractivity contribution in [3.8, 4) is 11.5 Å². The molecule has 0 fully saturated rings. The first-order valence-corrected chi connectivity index (χ1v) is 9.25. The van der Waals surface area contributed by atoms with Crippen LogP contribution in [0.5, 0.6) is 11.5 Å². The van der Waals surface area contributed by atoms with E-state index in [0.717, 1.165) is 41.6 Å². The van der Waals surface area contributed by atoms with Crippen molar-refractivity contribution in [3.63, 3.8) is 0 Å². The highest BCUT2D eigenvalue weighted by atomic mass is 16.5. The van der Waals surface area contributed by atoms with Gasteiger partial charge < -0.3 is 24.2 Å². The lowest BCUT2D eigenvalue weighted by atomic mass is 9.91. The van der Waals surface area contributed by atoms with E-state index < -0.39 is 0 Å². The van der Waals surface area contributed by atoms with E-state index in [1.54, 1.807) is 14.0 Å². The van der Waals surface area contributed by atoms with Crippen LogP contribution < -0.4 is 20.2 Å². The third-order valence-electron chi connectivity index (χ3n) is 5.04. The molecule has 1 atom stereocenters. The van der Waals surface area contributed by atoms with E-state index in [-0.39, 0.29) is 29.7 Å². The van der Waals surface area contributed by atoms with E-state index in [1.165, 1.54) is 17.9 Å². The summed E-state index contributed by atoms with van der Waals surface area (Å²) in [5.41, 5.74) is 2.96. The van der Waals surface area contributed by atoms with Crippen LogP contribution in [0.25, 0.3) is 10.9 Å². The predicted molar refractivity (Wildman–Crippen MR) is 104 cm³/mol. The minimum atomic E-state index is -0.305. The van der Waals surface area contributed by atoms with E-state index in [9.17, 15) is 9.59 Å². The van der Waals surface area contributed by atoms with E-state index in [2.05, 4.69) is 10.3 Å². The molecule has 0 saturated heterocycles. The fourth-order valence-corrected chi connectivity index (χ4v) is 3.69. The molecule has 0 bridgehead atoms. The van der Waals surface area contributed by atoms with Crippen molar-refractivity contribution in [1.82, 2.24) is 10.3 Å². The van der Waals surface area contributed by atoms with Gasteiger partial charge in [0.05, 0.1) is 13.2 Å². The number of carbonyl (C=O) groups is 1. The third-order valence-corrected chi connectivity index (χ3v) is 5.04. The lowest BCUT2D eigenvalue weighted by Crippen LogP contribution is -2.34. The molecular formula is C21H22N2O5. The monoisotopic (exact) mass is 382 g/mol. The first kappa shape index (κ1) is 18.2. The number of H-pyrrole nitrogens is 1. The highest BCUT2D eigenvalue weighted by molar-refractivity contribution is 5.87. The molecule has 3 aromatic rings. The van der Waals surface area contributed by atoms with Crippen molar-refractivity contribution < 1.29 is 18.7 Å². The number of aryl methyl sites for hydroxylation is 2. The molecule has 2 heterocycles. The number of carbonyl (C=O) groups excluding carboxylic acids is 1. The molecule has 1 aromatic carbocycles. The Morgan fingerprint density at radius 1 is 1.36 bits per heavy atom. The number of benzene rings is 1. The van der Waals surface area contributed by atoms with Gasteiger partial charge in [0.2, 0.25) is 11.2 Å². The SMILES string of the molecule is COc1ccc2[nH]c3c(c2c1)CCC[C@H]3NC(=O)COc1coc(C)cc1=O. The molecule has 1 aliphatic rings. The average molecular weight is 382 g/mol. The van der Waals surface area contributed by atoms with Crippen molar-refractivity contribution in [1.29, 1.82) is 0 Å². The quantitative estimate of drug-likeness (QED) is 0.708. The third kappa shape index (κ3) is 3.47. The molecule has 4 rings (SSSR count). The van der Waals surface area contributed by atoms with Crippen LogP contribution in [-0.4, -0.2) is 24.6 Å². The van der Waals surface area contributed by atoms with Crippen LogP contribution in [0.1, 0.15) is 35.9 Å². The van der Waals surface area contributed by atoms with E-state index >= 15 is 0 Å². The second-order valence-electron chi connectivity index (χ2n) is 6.95. The van der Waals surface area contributed by atoms with Gasteiger partial charge in [-0.2, -0.15) is 0 Å². The summed E-state index contributed by atoms with van der Waals surface area (Å²) in [7, 11) is 1.65. The van der Waals surface area contributed by atoms with Gasteiger partial charge in [0, 0.05) is 22.7 Å². The number of aromatic nitrogens is 1. The highest BCUT2D eigenvalue weighted by Gasteiger charge is 2.26. The number of aromatic amines is 1. The van der Waals surface area contributed by atoms with Gasteiger partial charge in [0.25, 0.3) is 5.91 Å². The maximum absolute atomic E-state index is 12.4. The van der Waals surface area contributed by atoms with Crippen molar-refractivity contribution in [3.05, 3.63) is 57.8 Å². The fourth-order valence-electron chi connectivity index (χ4n) is 3.69. The molecule has 0 radical (unpaired) electrons. The molecule has 7 heteroatoms. The van der Waals surface area contributed by atoms with Gasteiger partial charge in [-0.1, -0.05) is 0 Å². The molecule has 28 heavy (non-hydrogen) atoms. The Bertz CT molecular complexity index is 1080. The van der Waals surface area contributed by atoms with Gasteiger partial charge in [0.15, 0.2) is 6.61 Å². The Hall–Kier alpha value is -3.22. The molecule has 1 aliphatic carbocycles. The molecule has 0 spiro atoms. The molecule has 0 unspecified atom stereocenters. The Morgan fingerprint density at radius 2 is 2.21 bits per heavy atom. The number of ether oxygens (including phenoxy) is 2. The zero-order valence-corrected chi connectivity index (χ0v) is 15.8. The second kappa shape index (κ2) is 7.42. The van der Waals surface area contributed by atoms with Gasteiger partial charge in [-0.05, 0) is 49.9 Å².